The molecule has 1 aromatic rings. The standard InChI is InChI=1S/C17H24O2S/c1-2-3-10-19-16-6-4-14(5-7-16)13-17(18)15-8-11-20-12-9-15/h4-7,15H,2-3,8-13H2,1H3. The van der Waals surface area contributed by atoms with E-state index in [1.54, 1.807) is 0 Å². The molecule has 0 N–H and O–H groups in total. The number of unbranched alkanes of at least 4 members (excludes halogenated alkanes) is 1. The fraction of sp³-hybridized carbons (Fsp3) is 0.588. The molecular formula is C17H24O2S. The van der Waals surface area contributed by atoms with E-state index in [-0.39, 0.29) is 5.92 Å². The van der Waals surface area contributed by atoms with Crippen molar-refractivity contribution in [3.63, 3.8) is 0 Å². The molecule has 110 valence electrons. The predicted octanol–water partition coefficient (Wildman–Crippen LogP) is 4.12. The largest absolute Gasteiger partial charge is 0.494 e. The SMILES string of the molecule is CCCCOc1ccc(CC(=O)C2CCSCC2)cc1. The summed E-state index contributed by atoms with van der Waals surface area (Å²) in [5.74, 6) is 3.88. The van der Waals surface area contributed by atoms with E-state index < -0.39 is 0 Å². The molecule has 2 nitrogen and oxygen atoms in total. The average molecular weight is 292 g/mol. The smallest absolute Gasteiger partial charge is 0.140 e. The number of benzene rings is 1. The van der Waals surface area contributed by atoms with Crippen LogP contribution in [-0.4, -0.2) is 23.9 Å². The van der Waals surface area contributed by atoms with Gasteiger partial charge >= 0.3 is 0 Å². The molecule has 20 heavy (non-hydrogen) atoms. The number of Topliss-reactive ketones (excluding diaryl/α,β-unsaturated/α-hetero) is 1. The summed E-state index contributed by atoms with van der Waals surface area (Å²) in [7, 11) is 0. The number of carbonyl (C=O) groups excluding carboxylic acids is 1. The van der Waals surface area contributed by atoms with Gasteiger partial charge in [-0.1, -0.05) is 25.5 Å². The van der Waals surface area contributed by atoms with E-state index >= 15 is 0 Å². The van der Waals surface area contributed by atoms with E-state index in [2.05, 4.69) is 6.92 Å². The van der Waals surface area contributed by atoms with Crippen LogP contribution in [-0.2, 0) is 11.2 Å². The van der Waals surface area contributed by atoms with Crippen molar-refractivity contribution < 1.29 is 9.53 Å². The van der Waals surface area contributed by atoms with E-state index in [1.807, 2.05) is 36.0 Å². The van der Waals surface area contributed by atoms with Crippen LogP contribution in [0.2, 0.25) is 0 Å². The zero-order chi connectivity index (χ0) is 14.2. The molecule has 1 saturated heterocycles. The van der Waals surface area contributed by atoms with Crippen molar-refractivity contribution in [3.05, 3.63) is 29.8 Å². The van der Waals surface area contributed by atoms with Gasteiger partial charge in [-0.3, -0.25) is 4.79 Å². The van der Waals surface area contributed by atoms with Crippen molar-refractivity contribution in [2.45, 2.75) is 39.0 Å². The molecule has 0 spiro atoms. The second kappa shape index (κ2) is 8.35. The third-order valence-electron chi connectivity index (χ3n) is 3.74. The normalized spacial score (nSPS) is 16.1. The zero-order valence-corrected chi connectivity index (χ0v) is 13.1. The first-order valence-corrected chi connectivity index (χ1v) is 8.77. The summed E-state index contributed by atoms with van der Waals surface area (Å²) in [5.41, 5.74) is 1.11. The minimum atomic E-state index is 0.289. The van der Waals surface area contributed by atoms with Crippen LogP contribution in [0, 0.1) is 5.92 Å². The van der Waals surface area contributed by atoms with Crippen molar-refractivity contribution >= 4 is 17.5 Å². The highest BCUT2D eigenvalue weighted by Gasteiger charge is 2.21. The summed E-state index contributed by atoms with van der Waals surface area (Å²) < 4.78 is 5.64. The Morgan fingerprint density at radius 1 is 1.25 bits per heavy atom. The van der Waals surface area contributed by atoms with E-state index in [4.69, 9.17) is 4.74 Å². The first-order chi connectivity index (χ1) is 9.79. The van der Waals surface area contributed by atoms with Crippen LogP contribution < -0.4 is 4.74 Å². The minimum Gasteiger partial charge on any atom is -0.494 e. The number of carbonyl (C=O) groups is 1. The van der Waals surface area contributed by atoms with E-state index in [9.17, 15) is 4.79 Å². The number of rotatable bonds is 7. The fourth-order valence-electron chi connectivity index (χ4n) is 2.40. The van der Waals surface area contributed by atoms with Crippen molar-refractivity contribution in [1.29, 1.82) is 0 Å². The van der Waals surface area contributed by atoms with Gasteiger partial charge in [0.15, 0.2) is 0 Å². The molecule has 2 rings (SSSR count). The van der Waals surface area contributed by atoms with Crippen molar-refractivity contribution in [1.82, 2.24) is 0 Å². The topological polar surface area (TPSA) is 26.3 Å². The summed E-state index contributed by atoms with van der Waals surface area (Å²) in [4.78, 5) is 12.2. The Kier molecular flexibility index (Phi) is 6.44. The Morgan fingerprint density at radius 2 is 1.95 bits per heavy atom. The molecule has 1 aliphatic rings. The lowest BCUT2D eigenvalue weighted by Crippen LogP contribution is -2.21. The Hall–Kier alpha value is -0.960. The summed E-state index contributed by atoms with van der Waals surface area (Å²) in [5, 5.41) is 0. The first-order valence-electron chi connectivity index (χ1n) is 7.62. The predicted molar refractivity (Wildman–Crippen MR) is 85.6 cm³/mol. The lowest BCUT2D eigenvalue weighted by molar-refractivity contribution is -0.122. The average Bonchev–Trinajstić information content (AvgIpc) is 2.50. The lowest BCUT2D eigenvalue weighted by atomic mass is 9.93. The van der Waals surface area contributed by atoms with Crippen LogP contribution in [0.1, 0.15) is 38.2 Å². The van der Waals surface area contributed by atoms with Crippen LogP contribution in [0.4, 0.5) is 0 Å². The van der Waals surface area contributed by atoms with Crippen molar-refractivity contribution in [3.8, 4) is 5.75 Å². The first kappa shape index (κ1) is 15.4. The fourth-order valence-corrected chi connectivity index (χ4v) is 3.51. The van der Waals surface area contributed by atoms with Crippen LogP contribution in [0.15, 0.2) is 24.3 Å². The molecule has 1 aromatic carbocycles. The summed E-state index contributed by atoms with van der Waals surface area (Å²) in [6.45, 7) is 2.93. The molecule has 0 bridgehead atoms. The highest BCUT2D eigenvalue weighted by molar-refractivity contribution is 7.99. The van der Waals surface area contributed by atoms with Crippen molar-refractivity contribution in [2.24, 2.45) is 5.92 Å². The Bertz CT molecular complexity index is 408. The number of ketones is 1. The number of hydrogen-bond acceptors (Lipinski definition) is 3. The van der Waals surface area contributed by atoms with Gasteiger partial charge in [0.2, 0.25) is 0 Å². The molecule has 1 aliphatic heterocycles. The van der Waals surface area contributed by atoms with Crippen LogP contribution in [0.25, 0.3) is 0 Å². The Morgan fingerprint density at radius 3 is 2.60 bits per heavy atom. The van der Waals surface area contributed by atoms with Crippen LogP contribution >= 0.6 is 11.8 Å². The molecule has 3 heteroatoms. The van der Waals surface area contributed by atoms with Gasteiger partial charge in [0.05, 0.1) is 6.61 Å². The van der Waals surface area contributed by atoms with Crippen molar-refractivity contribution in [2.75, 3.05) is 18.1 Å². The van der Waals surface area contributed by atoms with Crippen LogP contribution in [0.3, 0.4) is 0 Å². The molecule has 1 fully saturated rings. The number of thioether (sulfide) groups is 1. The highest BCUT2D eigenvalue weighted by atomic mass is 32.2. The molecule has 0 aromatic heterocycles. The maximum Gasteiger partial charge on any atom is 0.140 e. The van der Waals surface area contributed by atoms with Crippen LogP contribution in [0.5, 0.6) is 5.75 Å². The van der Waals surface area contributed by atoms with Gasteiger partial charge in [-0.15, -0.1) is 0 Å². The molecule has 1 heterocycles. The van der Waals surface area contributed by atoms with Gasteiger partial charge in [0.1, 0.15) is 11.5 Å². The van der Waals surface area contributed by atoms with Gasteiger partial charge in [-0.2, -0.15) is 11.8 Å². The number of ether oxygens (including phenoxy) is 1. The summed E-state index contributed by atoms with van der Waals surface area (Å²) in [6.07, 6.45) is 4.92. The molecular weight excluding hydrogens is 268 g/mol. The van der Waals surface area contributed by atoms with Gasteiger partial charge in [0, 0.05) is 12.3 Å². The monoisotopic (exact) mass is 292 g/mol. The second-order valence-corrected chi connectivity index (χ2v) is 6.60. The lowest BCUT2D eigenvalue weighted by Gasteiger charge is -2.20. The van der Waals surface area contributed by atoms with E-state index in [1.165, 1.54) is 0 Å². The van der Waals surface area contributed by atoms with E-state index in [0.717, 1.165) is 55.1 Å². The Labute approximate surface area is 126 Å². The highest BCUT2D eigenvalue weighted by Crippen LogP contribution is 2.24. The summed E-state index contributed by atoms with van der Waals surface area (Å²) >= 11 is 1.96. The second-order valence-electron chi connectivity index (χ2n) is 5.38. The molecule has 0 atom stereocenters. The minimum absolute atomic E-state index is 0.289. The van der Waals surface area contributed by atoms with Gasteiger partial charge in [-0.25, -0.2) is 0 Å². The maximum absolute atomic E-state index is 12.2. The Balaban J connectivity index is 1.81. The molecule has 0 saturated carbocycles. The molecule has 0 aliphatic carbocycles. The molecule has 0 unspecified atom stereocenters. The third kappa shape index (κ3) is 4.86. The third-order valence-corrected chi connectivity index (χ3v) is 4.79. The van der Waals surface area contributed by atoms with Gasteiger partial charge in [-0.05, 0) is 48.5 Å². The molecule has 0 amide bonds. The molecule has 0 radical (unpaired) electrons. The van der Waals surface area contributed by atoms with E-state index in [0.29, 0.717) is 12.2 Å². The quantitative estimate of drug-likeness (QED) is 0.707. The summed E-state index contributed by atoms with van der Waals surface area (Å²) in [6, 6.07) is 8.01. The number of hydrogen-bond donors (Lipinski definition) is 0. The van der Waals surface area contributed by atoms with Gasteiger partial charge in [0.25, 0.3) is 0 Å². The zero-order valence-electron chi connectivity index (χ0n) is 12.3. The maximum atomic E-state index is 12.2. The van der Waals surface area contributed by atoms with Gasteiger partial charge < -0.3 is 4.74 Å².